The Labute approximate surface area is 248 Å². The maximum absolute atomic E-state index is 13.2. The number of amides is 4. The summed E-state index contributed by atoms with van der Waals surface area (Å²) in [5, 5.41) is 29.3. The van der Waals surface area contributed by atoms with E-state index in [0.29, 0.717) is 29.1 Å². The Morgan fingerprint density at radius 1 is 0.837 bits per heavy atom. The fourth-order valence-electron chi connectivity index (χ4n) is 4.22. The van der Waals surface area contributed by atoms with Crippen LogP contribution >= 0.6 is 0 Å². The molecule has 3 rings (SSSR count). The van der Waals surface area contributed by atoms with Crippen LogP contribution in [0.4, 0.5) is 16.3 Å². The number of carboxylic acids is 2. The second-order valence-corrected chi connectivity index (χ2v) is 10.5. The van der Waals surface area contributed by atoms with E-state index in [0.717, 1.165) is 5.56 Å². The lowest BCUT2D eigenvalue weighted by Gasteiger charge is -2.24. The summed E-state index contributed by atoms with van der Waals surface area (Å²) in [6.07, 6.45) is 1.49. The van der Waals surface area contributed by atoms with Gasteiger partial charge in [-0.25, -0.2) is 14.6 Å². The fraction of sp³-hybridized carbons (Fsp3) is 0.290. The van der Waals surface area contributed by atoms with Gasteiger partial charge in [0, 0.05) is 11.9 Å². The van der Waals surface area contributed by atoms with Crippen molar-refractivity contribution in [2.45, 2.75) is 52.1 Å². The number of carbonyl (C=O) groups is 5. The number of aryl methyl sites for hydroxylation is 1. The third kappa shape index (κ3) is 10.6. The summed E-state index contributed by atoms with van der Waals surface area (Å²) in [6.45, 7) is 5.67. The molecule has 6 N–H and O–H groups in total. The molecular weight excluding hydrogens is 554 g/mol. The molecule has 3 aromatic rings. The van der Waals surface area contributed by atoms with Crippen LogP contribution in [0.5, 0.6) is 0 Å². The van der Waals surface area contributed by atoms with Crippen molar-refractivity contribution in [2.75, 3.05) is 10.6 Å². The van der Waals surface area contributed by atoms with Crippen LogP contribution in [0.15, 0.2) is 66.9 Å². The van der Waals surface area contributed by atoms with Crippen molar-refractivity contribution in [1.82, 2.24) is 15.6 Å². The molecule has 0 bridgehead atoms. The molecule has 0 radical (unpaired) electrons. The number of benzene rings is 2. The molecule has 0 aliphatic carbocycles. The van der Waals surface area contributed by atoms with Crippen molar-refractivity contribution in [1.29, 1.82) is 0 Å². The summed E-state index contributed by atoms with van der Waals surface area (Å²) in [5.74, 6) is -2.80. The van der Waals surface area contributed by atoms with E-state index in [2.05, 4.69) is 26.3 Å². The fourth-order valence-corrected chi connectivity index (χ4v) is 4.22. The lowest BCUT2D eigenvalue weighted by atomic mass is 9.99. The second-order valence-electron chi connectivity index (χ2n) is 10.5. The third-order valence-corrected chi connectivity index (χ3v) is 6.34. The minimum atomic E-state index is -1.15. The number of carboxylic acid groups (broad SMARTS) is 2. The number of nitrogens with one attached hydrogen (secondary N) is 4. The summed E-state index contributed by atoms with van der Waals surface area (Å²) in [6, 6.07) is 13.4. The third-order valence-electron chi connectivity index (χ3n) is 6.34. The minimum Gasteiger partial charge on any atom is -0.481 e. The Hall–Kier alpha value is -5.26. The molecule has 0 saturated carbocycles. The SMILES string of the molecule is Cc1ccc(NC(=O)Nc2ccc(CC(=O)N[C@@H](CC(C)C)C(=O)N[C@@H](CC(=O)O)c3ccc(C(=O)O)cc3)cc2)nc1. The van der Waals surface area contributed by atoms with Crippen molar-refractivity contribution in [3.8, 4) is 0 Å². The highest BCUT2D eigenvalue weighted by Gasteiger charge is 2.26. The molecule has 226 valence electrons. The number of urea groups is 1. The van der Waals surface area contributed by atoms with Crippen molar-refractivity contribution in [3.63, 3.8) is 0 Å². The van der Waals surface area contributed by atoms with Gasteiger partial charge in [-0.3, -0.25) is 19.7 Å². The maximum Gasteiger partial charge on any atom is 0.335 e. The molecule has 0 saturated heterocycles. The number of hydrogen-bond donors (Lipinski definition) is 6. The summed E-state index contributed by atoms with van der Waals surface area (Å²) in [4.78, 5) is 65.2. The Morgan fingerprint density at radius 3 is 2.07 bits per heavy atom. The number of rotatable bonds is 13. The van der Waals surface area contributed by atoms with E-state index in [9.17, 15) is 29.1 Å². The van der Waals surface area contributed by atoms with Crippen molar-refractivity contribution in [3.05, 3.63) is 89.1 Å². The van der Waals surface area contributed by atoms with Gasteiger partial charge in [-0.1, -0.05) is 44.2 Å². The lowest BCUT2D eigenvalue weighted by molar-refractivity contribution is -0.138. The first-order chi connectivity index (χ1) is 20.4. The maximum atomic E-state index is 13.2. The highest BCUT2D eigenvalue weighted by Crippen LogP contribution is 2.19. The van der Waals surface area contributed by atoms with Gasteiger partial charge in [0.05, 0.1) is 24.4 Å². The summed E-state index contributed by atoms with van der Waals surface area (Å²) < 4.78 is 0. The van der Waals surface area contributed by atoms with Gasteiger partial charge in [-0.05, 0) is 66.3 Å². The number of nitrogens with zero attached hydrogens (tertiary/aromatic N) is 1. The first kappa shape index (κ1) is 32.3. The largest absolute Gasteiger partial charge is 0.481 e. The van der Waals surface area contributed by atoms with E-state index < -0.39 is 48.3 Å². The molecule has 4 amide bonds. The average Bonchev–Trinajstić information content (AvgIpc) is 2.94. The van der Waals surface area contributed by atoms with E-state index in [1.54, 1.807) is 36.5 Å². The smallest absolute Gasteiger partial charge is 0.335 e. The number of aliphatic carboxylic acids is 1. The Morgan fingerprint density at radius 2 is 1.51 bits per heavy atom. The van der Waals surface area contributed by atoms with Gasteiger partial charge in [-0.2, -0.15) is 0 Å². The summed E-state index contributed by atoms with van der Waals surface area (Å²) >= 11 is 0. The van der Waals surface area contributed by atoms with E-state index in [1.807, 2.05) is 26.8 Å². The molecule has 1 aromatic heterocycles. The molecule has 12 nitrogen and oxygen atoms in total. The van der Waals surface area contributed by atoms with Gasteiger partial charge in [0.15, 0.2) is 0 Å². The van der Waals surface area contributed by atoms with Crippen LogP contribution in [0.3, 0.4) is 0 Å². The number of anilines is 2. The van der Waals surface area contributed by atoms with Crippen LogP contribution in [0, 0.1) is 12.8 Å². The monoisotopic (exact) mass is 589 g/mol. The van der Waals surface area contributed by atoms with Crippen molar-refractivity contribution < 1.29 is 34.2 Å². The normalized spacial score (nSPS) is 12.1. The predicted molar refractivity (Wildman–Crippen MR) is 160 cm³/mol. The summed E-state index contributed by atoms with van der Waals surface area (Å²) in [5.41, 5.74) is 2.57. The van der Waals surface area contributed by atoms with Gasteiger partial charge in [0.1, 0.15) is 11.9 Å². The topological polar surface area (TPSA) is 187 Å². The van der Waals surface area contributed by atoms with Crippen LogP contribution in [-0.2, 0) is 20.8 Å². The molecular formula is C31H35N5O7. The van der Waals surface area contributed by atoms with Gasteiger partial charge in [0.2, 0.25) is 11.8 Å². The quantitative estimate of drug-likeness (QED) is 0.172. The zero-order valence-corrected chi connectivity index (χ0v) is 24.1. The van der Waals surface area contributed by atoms with E-state index in [4.69, 9.17) is 5.11 Å². The van der Waals surface area contributed by atoms with E-state index >= 15 is 0 Å². The Kier molecular flexibility index (Phi) is 11.3. The zero-order chi connectivity index (χ0) is 31.5. The second kappa shape index (κ2) is 15.1. The number of pyridine rings is 1. The van der Waals surface area contributed by atoms with Crippen LogP contribution in [0.1, 0.15) is 59.8 Å². The van der Waals surface area contributed by atoms with Gasteiger partial charge in [0.25, 0.3) is 0 Å². The van der Waals surface area contributed by atoms with Gasteiger partial charge in [-0.15, -0.1) is 0 Å². The van der Waals surface area contributed by atoms with Gasteiger partial charge < -0.3 is 26.2 Å². The number of hydrogen-bond acceptors (Lipinski definition) is 6. The molecule has 12 heteroatoms. The average molecular weight is 590 g/mol. The van der Waals surface area contributed by atoms with Crippen molar-refractivity contribution in [2.24, 2.45) is 5.92 Å². The van der Waals surface area contributed by atoms with Crippen LogP contribution in [0.2, 0.25) is 0 Å². The Balaban J connectivity index is 1.61. The van der Waals surface area contributed by atoms with Crippen LogP contribution in [-0.4, -0.2) is 51.0 Å². The number of aromatic nitrogens is 1. The van der Waals surface area contributed by atoms with E-state index in [1.165, 1.54) is 24.3 Å². The highest BCUT2D eigenvalue weighted by atomic mass is 16.4. The standard InChI is InChI=1S/C31H35N5O7/c1-18(2)14-25(29(40)35-24(16-28(38)39)21-7-9-22(10-8-21)30(41)42)34-27(37)15-20-5-11-23(12-6-20)33-31(43)36-26-13-4-19(3)17-32-26/h4-13,17-18,24-25H,14-16H2,1-3H3,(H,34,37)(H,35,40)(H,38,39)(H,41,42)(H2,32,33,36,43)/t24-,25-/m0/s1. The van der Waals surface area contributed by atoms with Gasteiger partial charge >= 0.3 is 18.0 Å². The summed E-state index contributed by atoms with van der Waals surface area (Å²) in [7, 11) is 0. The first-order valence-corrected chi connectivity index (χ1v) is 13.6. The molecule has 2 atom stereocenters. The predicted octanol–water partition coefficient (Wildman–Crippen LogP) is 4.14. The van der Waals surface area contributed by atoms with Crippen LogP contribution in [0.25, 0.3) is 0 Å². The van der Waals surface area contributed by atoms with Crippen molar-refractivity contribution >= 4 is 41.3 Å². The molecule has 0 spiro atoms. The van der Waals surface area contributed by atoms with E-state index in [-0.39, 0.29) is 17.9 Å². The zero-order valence-electron chi connectivity index (χ0n) is 24.1. The molecule has 0 unspecified atom stereocenters. The molecule has 1 heterocycles. The highest BCUT2D eigenvalue weighted by molar-refractivity contribution is 5.99. The first-order valence-electron chi connectivity index (χ1n) is 13.6. The minimum absolute atomic E-state index is 0.0285. The molecule has 0 fully saturated rings. The Bertz CT molecular complexity index is 1440. The number of carbonyl (C=O) groups excluding carboxylic acids is 3. The molecule has 43 heavy (non-hydrogen) atoms. The number of aromatic carboxylic acids is 1. The lowest BCUT2D eigenvalue weighted by Crippen LogP contribution is -2.49. The molecule has 0 aliphatic rings. The molecule has 2 aromatic carbocycles. The molecule has 0 aliphatic heterocycles. The van der Waals surface area contributed by atoms with Crippen LogP contribution < -0.4 is 21.3 Å².